The second kappa shape index (κ2) is 9.51. The number of anilines is 1. The van der Waals surface area contributed by atoms with Crippen LogP contribution in [0.2, 0.25) is 0 Å². The summed E-state index contributed by atoms with van der Waals surface area (Å²) in [6.07, 6.45) is 1.78. The van der Waals surface area contributed by atoms with Crippen LogP contribution in [0.4, 0.5) is 5.69 Å². The Kier molecular flexibility index (Phi) is 6.58. The summed E-state index contributed by atoms with van der Waals surface area (Å²) in [6, 6.07) is 24.6. The Bertz CT molecular complexity index is 952. The first-order chi connectivity index (χ1) is 13.6. The van der Waals surface area contributed by atoms with Gasteiger partial charge >= 0.3 is 0 Å². The quantitative estimate of drug-likeness (QED) is 0.595. The Morgan fingerprint density at radius 2 is 1.46 bits per heavy atom. The Balaban J connectivity index is 1.55. The van der Waals surface area contributed by atoms with Crippen LogP contribution >= 0.6 is 0 Å². The Labute approximate surface area is 165 Å². The maximum absolute atomic E-state index is 12.5. The molecule has 3 aromatic rings. The van der Waals surface area contributed by atoms with E-state index in [0.717, 1.165) is 24.1 Å². The summed E-state index contributed by atoms with van der Waals surface area (Å²) in [5, 5.41) is 5.82. The molecule has 0 aromatic heterocycles. The van der Waals surface area contributed by atoms with Gasteiger partial charge in [-0.3, -0.25) is 9.59 Å². The zero-order chi connectivity index (χ0) is 19.8. The van der Waals surface area contributed by atoms with E-state index in [1.807, 2.05) is 49.4 Å². The lowest BCUT2D eigenvalue weighted by atomic mass is 10.1. The predicted molar refractivity (Wildman–Crippen MR) is 113 cm³/mol. The van der Waals surface area contributed by atoms with Crippen LogP contribution in [0.15, 0.2) is 78.9 Å². The molecule has 0 saturated heterocycles. The van der Waals surface area contributed by atoms with Gasteiger partial charge in [0.2, 0.25) is 0 Å². The highest BCUT2D eigenvalue weighted by Gasteiger charge is 2.11. The van der Waals surface area contributed by atoms with Crippen molar-refractivity contribution in [2.24, 2.45) is 0 Å². The van der Waals surface area contributed by atoms with Gasteiger partial charge < -0.3 is 10.6 Å². The molecular formula is C24H24N2O2. The molecule has 0 radical (unpaired) electrons. The summed E-state index contributed by atoms with van der Waals surface area (Å²) in [6.45, 7) is 2.53. The van der Waals surface area contributed by atoms with Gasteiger partial charge in [-0.1, -0.05) is 54.6 Å². The number of hydrogen-bond donors (Lipinski definition) is 2. The van der Waals surface area contributed by atoms with E-state index < -0.39 is 0 Å². The van der Waals surface area contributed by atoms with E-state index >= 15 is 0 Å². The van der Waals surface area contributed by atoms with Crippen molar-refractivity contribution in [2.75, 3.05) is 11.9 Å². The molecule has 0 aliphatic heterocycles. The predicted octanol–water partition coefficient (Wildman–Crippen LogP) is 4.61. The lowest BCUT2D eigenvalue weighted by Crippen LogP contribution is -2.25. The minimum absolute atomic E-state index is 0.168. The molecule has 3 rings (SSSR count). The van der Waals surface area contributed by atoms with Crippen molar-refractivity contribution in [2.45, 2.75) is 19.8 Å². The van der Waals surface area contributed by atoms with Gasteiger partial charge in [0.1, 0.15) is 0 Å². The first-order valence-corrected chi connectivity index (χ1v) is 9.42. The van der Waals surface area contributed by atoms with Gasteiger partial charge in [0.05, 0.1) is 0 Å². The van der Waals surface area contributed by atoms with E-state index in [0.29, 0.717) is 17.7 Å². The van der Waals surface area contributed by atoms with Crippen LogP contribution in [0.3, 0.4) is 0 Å². The van der Waals surface area contributed by atoms with Crippen molar-refractivity contribution in [3.05, 3.63) is 101 Å². The maximum atomic E-state index is 12.5. The Morgan fingerprint density at radius 3 is 2.21 bits per heavy atom. The first-order valence-electron chi connectivity index (χ1n) is 9.42. The molecule has 0 bridgehead atoms. The average Bonchev–Trinajstić information content (AvgIpc) is 2.73. The van der Waals surface area contributed by atoms with Crippen molar-refractivity contribution in [3.8, 4) is 0 Å². The van der Waals surface area contributed by atoms with Crippen LogP contribution < -0.4 is 10.6 Å². The SMILES string of the molecule is Cc1ccccc1NC(=O)c1cccc(C(=O)NCCCc2ccccc2)c1. The highest BCUT2D eigenvalue weighted by atomic mass is 16.2. The second-order valence-corrected chi connectivity index (χ2v) is 6.69. The number of benzene rings is 3. The summed E-state index contributed by atoms with van der Waals surface area (Å²) >= 11 is 0. The van der Waals surface area contributed by atoms with Gasteiger partial charge in [0.15, 0.2) is 0 Å². The van der Waals surface area contributed by atoms with E-state index in [1.165, 1.54) is 5.56 Å². The summed E-state index contributed by atoms with van der Waals surface area (Å²) < 4.78 is 0. The number of carbonyl (C=O) groups excluding carboxylic acids is 2. The van der Waals surface area contributed by atoms with Crippen molar-refractivity contribution in [1.82, 2.24) is 5.32 Å². The number of hydrogen-bond acceptors (Lipinski definition) is 2. The molecular weight excluding hydrogens is 348 g/mol. The molecule has 0 heterocycles. The van der Waals surface area contributed by atoms with Gasteiger partial charge in [0.25, 0.3) is 11.8 Å². The normalized spacial score (nSPS) is 10.3. The van der Waals surface area contributed by atoms with Crippen LogP contribution in [-0.4, -0.2) is 18.4 Å². The third kappa shape index (κ3) is 5.30. The lowest BCUT2D eigenvalue weighted by molar-refractivity contribution is 0.0953. The fourth-order valence-corrected chi connectivity index (χ4v) is 2.95. The monoisotopic (exact) mass is 372 g/mol. The zero-order valence-corrected chi connectivity index (χ0v) is 15.9. The highest BCUT2D eigenvalue weighted by molar-refractivity contribution is 6.06. The van der Waals surface area contributed by atoms with E-state index in [1.54, 1.807) is 24.3 Å². The van der Waals surface area contributed by atoms with Gasteiger partial charge in [0, 0.05) is 23.4 Å². The topological polar surface area (TPSA) is 58.2 Å². The van der Waals surface area contributed by atoms with Gasteiger partial charge in [-0.15, -0.1) is 0 Å². The largest absolute Gasteiger partial charge is 0.352 e. The molecule has 0 spiro atoms. The maximum Gasteiger partial charge on any atom is 0.255 e. The standard InChI is InChI=1S/C24H24N2O2/c1-18-9-5-6-15-22(18)26-24(28)21-14-7-13-20(17-21)23(27)25-16-8-12-19-10-3-2-4-11-19/h2-7,9-11,13-15,17H,8,12,16H2,1H3,(H,25,27)(H,26,28). The summed E-state index contributed by atoms with van der Waals surface area (Å²) in [5.41, 5.74) is 3.95. The first kappa shape index (κ1) is 19.4. The minimum Gasteiger partial charge on any atom is -0.352 e. The number of rotatable bonds is 7. The van der Waals surface area contributed by atoms with Crippen LogP contribution in [0.25, 0.3) is 0 Å². The molecule has 4 nitrogen and oxygen atoms in total. The summed E-state index contributed by atoms with van der Waals surface area (Å²) in [4.78, 5) is 24.9. The van der Waals surface area contributed by atoms with E-state index in [9.17, 15) is 9.59 Å². The molecule has 4 heteroatoms. The average molecular weight is 372 g/mol. The van der Waals surface area contributed by atoms with Crippen molar-refractivity contribution < 1.29 is 9.59 Å². The molecule has 0 aliphatic rings. The van der Waals surface area contributed by atoms with Gasteiger partial charge in [-0.05, 0) is 55.2 Å². The highest BCUT2D eigenvalue weighted by Crippen LogP contribution is 2.15. The number of carbonyl (C=O) groups is 2. The molecule has 0 saturated carbocycles. The van der Waals surface area contributed by atoms with E-state index in [4.69, 9.17) is 0 Å². The number of amides is 2. The molecule has 0 fully saturated rings. The third-order valence-corrected chi connectivity index (χ3v) is 4.55. The van der Waals surface area contributed by atoms with Crippen molar-refractivity contribution in [1.29, 1.82) is 0 Å². The van der Waals surface area contributed by atoms with E-state index in [2.05, 4.69) is 22.8 Å². The lowest BCUT2D eigenvalue weighted by Gasteiger charge is -2.09. The Morgan fingerprint density at radius 1 is 0.786 bits per heavy atom. The molecule has 3 aromatic carbocycles. The second-order valence-electron chi connectivity index (χ2n) is 6.69. The van der Waals surface area contributed by atoms with Crippen LogP contribution in [-0.2, 0) is 6.42 Å². The molecule has 2 N–H and O–H groups in total. The van der Waals surface area contributed by atoms with E-state index in [-0.39, 0.29) is 11.8 Å². The molecule has 142 valence electrons. The molecule has 2 amide bonds. The summed E-state index contributed by atoms with van der Waals surface area (Å²) in [7, 11) is 0. The zero-order valence-electron chi connectivity index (χ0n) is 15.9. The van der Waals surface area contributed by atoms with Crippen LogP contribution in [0.1, 0.15) is 38.3 Å². The van der Waals surface area contributed by atoms with Crippen LogP contribution in [0.5, 0.6) is 0 Å². The number of para-hydroxylation sites is 1. The third-order valence-electron chi connectivity index (χ3n) is 4.55. The fraction of sp³-hybridized carbons (Fsp3) is 0.167. The Hall–Kier alpha value is -3.40. The van der Waals surface area contributed by atoms with Crippen molar-refractivity contribution in [3.63, 3.8) is 0 Å². The molecule has 0 atom stereocenters. The minimum atomic E-state index is -0.229. The fourth-order valence-electron chi connectivity index (χ4n) is 2.95. The molecule has 0 unspecified atom stereocenters. The molecule has 0 aliphatic carbocycles. The number of aryl methyl sites for hydroxylation is 2. The smallest absolute Gasteiger partial charge is 0.255 e. The molecule has 28 heavy (non-hydrogen) atoms. The van der Waals surface area contributed by atoms with Gasteiger partial charge in [-0.2, -0.15) is 0 Å². The van der Waals surface area contributed by atoms with Crippen molar-refractivity contribution >= 4 is 17.5 Å². The van der Waals surface area contributed by atoms with Crippen LogP contribution in [0, 0.1) is 6.92 Å². The summed E-state index contributed by atoms with van der Waals surface area (Å²) in [5.74, 6) is -0.397. The van der Waals surface area contributed by atoms with Gasteiger partial charge in [-0.25, -0.2) is 0 Å². The number of nitrogens with one attached hydrogen (secondary N) is 2.